The van der Waals surface area contributed by atoms with E-state index in [4.69, 9.17) is 0 Å². The van der Waals surface area contributed by atoms with Gasteiger partial charge in [-0.3, -0.25) is 4.98 Å². The first kappa shape index (κ1) is 13.5. The minimum atomic E-state index is 0.648. The van der Waals surface area contributed by atoms with Crippen molar-refractivity contribution in [3.05, 3.63) is 41.6 Å². The molecule has 0 fully saturated rings. The number of nitrogens with zero attached hydrogens (tertiary/aromatic N) is 1. The Morgan fingerprint density at radius 2 is 2.00 bits per heavy atom. The van der Waals surface area contributed by atoms with Crippen molar-refractivity contribution in [1.82, 2.24) is 4.98 Å². The molecule has 2 heteroatoms. The van der Waals surface area contributed by atoms with Crippen molar-refractivity contribution in [2.45, 2.75) is 44.4 Å². The first-order valence-corrected chi connectivity index (χ1v) is 7.61. The van der Waals surface area contributed by atoms with Gasteiger partial charge in [0.15, 0.2) is 0 Å². The number of benzene rings is 1. The quantitative estimate of drug-likeness (QED) is 0.705. The fraction of sp³-hybridized carbons (Fsp3) is 0.438. The van der Waals surface area contributed by atoms with Crippen molar-refractivity contribution in [1.29, 1.82) is 0 Å². The van der Waals surface area contributed by atoms with Gasteiger partial charge in [0.25, 0.3) is 0 Å². The largest absolute Gasteiger partial charge is 0.253 e. The van der Waals surface area contributed by atoms with Gasteiger partial charge in [0.1, 0.15) is 0 Å². The first-order chi connectivity index (χ1) is 8.69. The lowest BCUT2D eigenvalue weighted by Crippen LogP contribution is -1.99. The molecule has 1 unspecified atom stereocenters. The Kier molecular flexibility index (Phi) is 4.76. The summed E-state index contributed by atoms with van der Waals surface area (Å²) >= 11 is 3.74. The molecule has 0 aliphatic carbocycles. The van der Waals surface area contributed by atoms with Crippen LogP contribution in [0.5, 0.6) is 0 Å². The zero-order chi connectivity index (χ0) is 13.0. The number of aryl methyl sites for hydroxylation is 2. The molecular formula is C16H20BrN. The summed E-state index contributed by atoms with van der Waals surface area (Å²) in [5.41, 5.74) is 3.59. The molecule has 0 bridgehead atoms. The highest BCUT2D eigenvalue weighted by Gasteiger charge is 2.04. The third-order valence-electron chi connectivity index (χ3n) is 3.24. The Bertz CT molecular complexity index is 521. The average molecular weight is 306 g/mol. The Morgan fingerprint density at radius 3 is 2.78 bits per heavy atom. The predicted molar refractivity (Wildman–Crippen MR) is 82.4 cm³/mol. The fourth-order valence-corrected chi connectivity index (χ4v) is 2.90. The van der Waals surface area contributed by atoms with Crippen molar-refractivity contribution in [3.8, 4) is 0 Å². The third kappa shape index (κ3) is 3.55. The number of hydrogen-bond donors (Lipinski definition) is 0. The van der Waals surface area contributed by atoms with Gasteiger partial charge in [-0.2, -0.15) is 0 Å². The van der Waals surface area contributed by atoms with Crippen LogP contribution >= 0.6 is 15.9 Å². The van der Waals surface area contributed by atoms with Crippen molar-refractivity contribution >= 4 is 26.8 Å². The summed E-state index contributed by atoms with van der Waals surface area (Å²) in [5.74, 6) is 0. The van der Waals surface area contributed by atoms with E-state index in [2.05, 4.69) is 58.2 Å². The molecule has 0 saturated carbocycles. The molecule has 0 radical (unpaired) electrons. The first-order valence-electron chi connectivity index (χ1n) is 6.69. The minimum Gasteiger partial charge on any atom is -0.253 e. The third-order valence-corrected chi connectivity index (χ3v) is 4.16. The van der Waals surface area contributed by atoms with Crippen LogP contribution < -0.4 is 0 Å². The molecule has 0 aliphatic rings. The molecule has 18 heavy (non-hydrogen) atoms. The molecule has 0 N–H and O–H groups in total. The fourth-order valence-electron chi connectivity index (χ4n) is 2.21. The number of aromatic nitrogens is 1. The second kappa shape index (κ2) is 6.33. The van der Waals surface area contributed by atoms with Gasteiger partial charge < -0.3 is 0 Å². The van der Waals surface area contributed by atoms with E-state index in [0.717, 1.165) is 17.6 Å². The molecule has 0 saturated heterocycles. The van der Waals surface area contributed by atoms with Crippen molar-refractivity contribution in [2.24, 2.45) is 0 Å². The van der Waals surface area contributed by atoms with E-state index < -0.39 is 0 Å². The Labute approximate surface area is 118 Å². The van der Waals surface area contributed by atoms with E-state index >= 15 is 0 Å². The van der Waals surface area contributed by atoms with Gasteiger partial charge in [-0.25, -0.2) is 0 Å². The van der Waals surface area contributed by atoms with Crippen LogP contribution in [0.3, 0.4) is 0 Å². The van der Waals surface area contributed by atoms with Gasteiger partial charge in [-0.15, -0.1) is 0 Å². The zero-order valence-corrected chi connectivity index (χ0v) is 12.7. The summed E-state index contributed by atoms with van der Waals surface area (Å²) in [6.07, 6.45) is 4.85. The maximum absolute atomic E-state index is 4.53. The van der Waals surface area contributed by atoms with Gasteiger partial charge in [-0.1, -0.05) is 41.4 Å². The van der Waals surface area contributed by atoms with Crippen molar-refractivity contribution in [2.75, 3.05) is 0 Å². The second-order valence-electron chi connectivity index (χ2n) is 4.90. The molecule has 0 amide bonds. The van der Waals surface area contributed by atoms with Crippen LogP contribution in [-0.4, -0.2) is 9.81 Å². The number of rotatable bonds is 5. The molecule has 96 valence electrons. The lowest BCUT2D eigenvalue weighted by atomic mass is 10.0. The molecule has 1 aromatic heterocycles. The van der Waals surface area contributed by atoms with Crippen LogP contribution in [-0.2, 0) is 6.42 Å². The molecule has 0 spiro atoms. The minimum absolute atomic E-state index is 0.648. The maximum atomic E-state index is 4.53. The SMILES string of the molecule is CCCC(Br)CCc1ccc2nc(C)ccc2c1. The molecule has 0 aliphatic heterocycles. The van der Waals surface area contributed by atoms with E-state index in [1.165, 1.54) is 30.2 Å². The summed E-state index contributed by atoms with van der Waals surface area (Å²) in [4.78, 5) is 5.18. The summed E-state index contributed by atoms with van der Waals surface area (Å²) in [7, 11) is 0. The molecule has 1 aromatic carbocycles. The van der Waals surface area contributed by atoms with Crippen LogP contribution in [0, 0.1) is 6.92 Å². The van der Waals surface area contributed by atoms with Crippen LogP contribution in [0.2, 0.25) is 0 Å². The summed E-state index contributed by atoms with van der Waals surface area (Å²) in [6, 6.07) is 10.9. The van der Waals surface area contributed by atoms with Gasteiger partial charge in [0, 0.05) is 15.9 Å². The summed E-state index contributed by atoms with van der Waals surface area (Å²) in [6.45, 7) is 4.27. The van der Waals surface area contributed by atoms with E-state index in [1.807, 2.05) is 6.92 Å². The van der Waals surface area contributed by atoms with Crippen LogP contribution in [0.4, 0.5) is 0 Å². The van der Waals surface area contributed by atoms with E-state index in [1.54, 1.807) is 0 Å². The van der Waals surface area contributed by atoms with Gasteiger partial charge >= 0.3 is 0 Å². The van der Waals surface area contributed by atoms with E-state index in [9.17, 15) is 0 Å². The number of halogens is 1. The summed E-state index contributed by atoms with van der Waals surface area (Å²) < 4.78 is 0. The number of pyridine rings is 1. The molecule has 1 atom stereocenters. The lowest BCUT2D eigenvalue weighted by molar-refractivity contribution is 0.693. The van der Waals surface area contributed by atoms with Crippen molar-refractivity contribution in [3.63, 3.8) is 0 Å². The zero-order valence-electron chi connectivity index (χ0n) is 11.1. The standard InChI is InChI=1S/C16H20BrN/c1-3-4-15(17)9-6-13-7-10-16-14(11-13)8-5-12(2)18-16/h5,7-8,10-11,15H,3-4,6,9H2,1-2H3. The Balaban J connectivity index is 2.08. The Morgan fingerprint density at radius 1 is 1.17 bits per heavy atom. The van der Waals surface area contributed by atoms with E-state index in [-0.39, 0.29) is 0 Å². The van der Waals surface area contributed by atoms with Gasteiger partial charge in [0.2, 0.25) is 0 Å². The average Bonchev–Trinajstić information content (AvgIpc) is 2.36. The number of fused-ring (bicyclic) bond motifs is 1. The molecule has 1 nitrogen and oxygen atoms in total. The highest BCUT2D eigenvalue weighted by atomic mass is 79.9. The molecule has 2 aromatic rings. The topological polar surface area (TPSA) is 12.9 Å². The highest BCUT2D eigenvalue weighted by molar-refractivity contribution is 9.09. The molecule has 1 heterocycles. The van der Waals surface area contributed by atoms with Crippen LogP contribution in [0.1, 0.15) is 37.4 Å². The smallest absolute Gasteiger partial charge is 0.0705 e. The normalized spacial score (nSPS) is 12.8. The Hall–Kier alpha value is -0.890. The van der Waals surface area contributed by atoms with E-state index in [0.29, 0.717) is 4.83 Å². The number of alkyl halides is 1. The molecular weight excluding hydrogens is 286 g/mol. The highest BCUT2D eigenvalue weighted by Crippen LogP contribution is 2.19. The number of hydrogen-bond acceptors (Lipinski definition) is 1. The predicted octanol–water partition coefficient (Wildman–Crippen LogP) is 5.04. The van der Waals surface area contributed by atoms with Crippen LogP contribution in [0.15, 0.2) is 30.3 Å². The molecule has 2 rings (SSSR count). The van der Waals surface area contributed by atoms with Crippen LogP contribution in [0.25, 0.3) is 10.9 Å². The second-order valence-corrected chi connectivity index (χ2v) is 6.20. The van der Waals surface area contributed by atoms with Gasteiger partial charge in [-0.05, 0) is 49.9 Å². The van der Waals surface area contributed by atoms with Gasteiger partial charge in [0.05, 0.1) is 5.52 Å². The monoisotopic (exact) mass is 305 g/mol. The maximum Gasteiger partial charge on any atom is 0.0705 e. The van der Waals surface area contributed by atoms with Crippen molar-refractivity contribution < 1.29 is 0 Å². The lowest BCUT2D eigenvalue weighted by Gasteiger charge is -2.08. The summed E-state index contributed by atoms with van der Waals surface area (Å²) in [5, 5.41) is 1.25.